The summed E-state index contributed by atoms with van der Waals surface area (Å²) >= 11 is 0. The largest absolute Gasteiger partial charge is 0.303 e. The number of hydrogen-bond acceptors (Lipinski definition) is 2. The molecule has 0 aliphatic rings. The van der Waals surface area contributed by atoms with Crippen molar-refractivity contribution >= 4 is 14.2 Å². The number of carbonyl (C=O) groups is 1. The van der Waals surface area contributed by atoms with Gasteiger partial charge in [-0.25, -0.2) is 0 Å². The summed E-state index contributed by atoms with van der Waals surface area (Å²) < 4.78 is 0. The lowest BCUT2D eigenvalue weighted by molar-refractivity contribution is -0.107. The molecular formula is C16H26NOP. The highest BCUT2D eigenvalue weighted by Gasteiger charge is 2.34. The maximum Gasteiger partial charge on any atom is 0.125 e. The van der Waals surface area contributed by atoms with Gasteiger partial charge < -0.3 is 4.79 Å². The van der Waals surface area contributed by atoms with E-state index in [1.165, 1.54) is 0 Å². The van der Waals surface area contributed by atoms with E-state index < -0.39 is 0 Å². The third kappa shape index (κ3) is 5.03. The molecule has 2 nitrogen and oxygen atoms in total. The minimum Gasteiger partial charge on any atom is -0.303 e. The Kier molecular flexibility index (Phi) is 5.26. The van der Waals surface area contributed by atoms with Gasteiger partial charge in [0.25, 0.3) is 0 Å². The SMILES string of the molecule is CC(C)(C)P(Cc1cccc(CC=O)n1)C(C)(C)C. The van der Waals surface area contributed by atoms with Crippen LogP contribution in [0.5, 0.6) is 0 Å². The first kappa shape index (κ1) is 16.3. The zero-order chi connectivity index (χ0) is 14.7. The van der Waals surface area contributed by atoms with Gasteiger partial charge in [0.05, 0.1) is 0 Å². The van der Waals surface area contributed by atoms with Gasteiger partial charge in [0, 0.05) is 24.0 Å². The van der Waals surface area contributed by atoms with Crippen LogP contribution in [0.3, 0.4) is 0 Å². The van der Waals surface area contributed by atoms with Gasteiger partial charge in [-0.2, -0.15) is 0 Å². The number of rotatable bonds is 4. The molecule has 3 heteroatoms. The Bertz CT molecular complexity index is 415. The predicted octanol–water partition coefficient (Wildman–Crippen LogP) is 4.40. The van der Waals surface area contributed by atoms with Gasteiger partial charge in [0.15, 0.2) is 0 Å². The summed E-state index contributed by atoms with van der Waals surface area (Å²) in [6.45, 7) is 13.9. The molecule has 1 rings (SSSR count). The molecule has 0 radical (unpaired) electrons. The molecule has 0 aromatic carbocycles. The van der Waals surface area contributed by atoms with Crippen LogP contribution in [0.15, 0.2) is 18.2 Å². The van der Waals surface area contributed by atoms with E-state index >= 15 is 0 Å². The summed E-state index contributed by atoms with van der Waals surface area (Å²) in [5.74, 6) is 0. The Hall–Kier alpha value is -0.750. The molecule has 0 unspecified atom stereocenters. The molecular weight excluding hydrogens is 253 g/mol. The minimum absolute atomic E-state index is 0.192. The monoisotopic (exact) mass is 279 g/mol. The van der Waals surface area contributed by atoms with E-state index in [9.17, 15) is 4.79 Å². The molecule has 0 amide bonds. The van der Waals surface area contributed by atoms with Crippen LogP contribution in [0.1, 0.15) is 52.9 Å². The van der Waals surface area contributed by atoms with Crippen molar-refractivity contribution in [1.82, 2.24) is 4.98 Å². The highest BCUT2D eigenvalue weighted by Crippen LogP contribution is 2.60. The van der Waals surface area contributed by atoms with Crippen molar-refractivity contribution in [3.8, 4) is 0 Å². The van der Waals surface area contributed by atoms with Gasteiger partial charge in [-0.1, -0.05) is 55.5 Å². The molecule has 1 heterocycles. The third-order valence-corrected chi connectivity index (χ3v) is 6.98. The standard InChI is InChI=1S/C16H26NOP/c1-15(2,3)19(16(4,5)6)12-14-9-7-8-13(17-14)10-11-18/h7-9,11H,10,12H2,1-6H3. The van der Waals surface area contributed by atoms with Crippen molar-refractivity contribution in [2.24, 2.45) is 0 Å². The average molecular weight is 279 g/mol. The number of aldehydes is 1. The van der Waals surface area contributed by atoms with Crippen molar-refractivity contribution in [2.45, 2.75) is 64.4 Å². The first-order chi connectivity index (χ1) is 8.64. The molecule has 106 valence electrons. The van der Waals surface area contributed by atoms with E-state index in [0.29, 0.717) is 16.7 Å². The molecule has 0 saturated carbocycles. The fraction of sp³-hybridized carbons (Fsp3) is 0.625. The Morgan fingerprint density at radius 1 is 1.05 bits per heavy atom. The van der Waals surface area contributed by atoms with Crippen LogP contribution >= 0.6 is 7.92 Å². The summed E-state index contributed by atoms with van der Waals surface area (Å²) in [4.78, 5) is 15.2. The number of nitrogens with zero attached hydrogens (tertiary/aromatic N) is 1. The third-order valence-electron chi connectivity index (χ3n) is 3.10. The molecule has 0 aliphatic carbocycles. The highest BCUT2D eigenvalue weighted by atomic mass is 31.1. The Morgan fingerprint density at radius 3 is 2.05 bits per heavy atom. The predicted molar refractivity (Wildman–Crippen MR) is 84.1 cm³/mol. The van der Waals surface area contributed by atoms with Crippen LogP contribution in [0.2, 0.25) is 0 Å². The lowest BCUT2D eigenvalue weighted by Crippen LogP contribution is -2.26. The maximum atomic E-state index is 10.6. The quantitative estimate of drug-likeness (QED) is 0.604. The van der Waals surface area contributed by atoms with Gasteiger partial charge in [0.1, 0.15) is 6.29 Å². The smallest absolute Gasteiger partial charge is 0.125 e. The zero-order valence-corrected chi connectivity index (χ0v) is 13.9. The summed E-state index contributed by atoms with van der Waals surface area (Å²) in [5.41, 5.74) is 2.00. The maximum absolute atomic E-state index is 10.6. The van der Waals surface area contributed by atoms with Crippen LogP contribution < -0.4 is 0 Å². The van der Waals surface area contributed by atoms with Gasteiger partial charge in [-0.05, 0) is 22.4 Å². The molecule has 19 heavy (non-hydrogen) atoms. The van der Waals surface area contributed by atoms with Gasteiger partial charge in [0.2, 0.25) is 0 Å². The van der Waals surface area contributed by atoms with Crippen LogP contribution in [0, 0.1) is 0 Å². The summed E-state index contributed by atoms with van der Waals surface area (Å²) in [6.07, 6.45) is 2.36. The van der Waals surface area contributed by atoms with Crippen LogP contribution in [0.4, 0.5) is 0 Å². The topological polar surface area (TPSA) is 30.0 Å². The number of hydrogen-bond donors (Lipinski definition) is 0. The molecule has 1 aromatic heterocycles. The van der Waals surface area contributed by atoms with E-state index in [2.05, 4.69) is 52.6 Å². The second-order valence-corrected chi connectivity index (χ2v) is 10.8. The van der Waals surface area contributed by atoms with Gasteiger partial charge in [-0.15, -0.1) is 0 Å². The lowest BCUT2D eigenvalue weighted by Gasteiger charge is -2.41. The van der Waals surface area contributed by atoms with Crippen LogP contribution in [0.25, 0.3) is 0 Å². The average Bonchev–Trinajstić information content (AvgIpc) is 2.24. The summed E-state index contributed by atoms with van der Waals surface area (Å²) in [5, 5.41) is 0.603. The normalized spacial score (nSPS) is 12.8. The first-order valence-corrected chi connectivity index (χ1v) is 8.33. The lowest BCUT2D eigenvalue weighted by atomic mass is 10.2. The first-order valence-electron chi connectivity index (χ1n) is 6.81. The fourth-order valence-electron chi connectivity index (χ4n) is 2.46. The summed E-state index contributed by atoms with van der Waals surface area (Å²) in [7, 11) is -0.192. The molecule has 0 bridgehead atoms. The molecule has 0 aliphatic heterocycles. The minimum atomic E-state index is -0.192. The van der Waals surface area contributed by atoms with Crippen LogP contribution in [-0.4, -0.2) is 21.6 Å². The fourth-order valence-corrected chi connectivity index (χ4v) is 5.92. The van der Waals surface area contributed by atoms with Crippen molar-refractivity contribution in [2.75, 3.05) is 0 Å². The number of carbonyl (C=O) groups excluding carboxylic acids is 1. The summed E-state index contributed by atoms with van der Waals surface area (Å²) in [6, 6.07) is 6.02. The Morgan fingerprint density at radius 2 is 1.58 bits per heavy atom. The molecule has 0 N–H and O–H groups in total. The number of pyridine rings is 1. The zero-order valence-electron chi connectivity index (χ0n) is 13.0. The van der Waals surface area contributed by atoms with Crippen molar-refractivity contribution in [1.29, 1.82) is 0 Å². The van der Waals surface area contributed by atoms with Crippen molar-refractivity contribution < 1.29 is 4.79 Å². The van der Waals surface area contributed by atoms with E-state index in [1.807, 2.05) is 12.1 Å². The van der Waals surface area contributed by atoms with Gasteiger partial charge >= 0.3 is 0 Å². The number of aromatic nitrogens is 1. The van der Waals surface area contributed by atoms with E-state index in [0.717, 1.165) is 23.8 Å². The second-order valence-electron chi connectivity index (χ2n) is 6.92. The molecule has 0 saturated heterocycles. The second kappa shape index (κ2) is 6.13. The Balaban J connectivity index is 2.97. The van der Waals surface area contributed by atoms with Crippen molar-refractivity contribution in [3.05, 3.63) is 29.6 Å². The van der Waals surface area contributed by atoms with Crippen LogP contribution in [-0.2, 0) is 17.4 Å². The van der Waals surface area contributed by atoms with Crippen molar-refractivity contribution in [3.63, 3.8) is 0 Å². The van der Waals surface area contributed by atoms with Gasteiger partial charge in [-0.3, -0.25) is 4.98 Å². The van der Waals surface area contributed by atoms with E-state index in [4.69, 9.17) is 0 Å². The highest BCUT2D eigenvalue weighted by molar-refractivity contribution is 7.60. The molecule has 1 aromatic rings. The van der Waals surface area contributed by atoms with E-state index in [-0.39, 0.29) is 7.92 Å². The molecule has 0 fully saturated rings. The van der Waals surface area contributed by atoms with E-state index in [1.54, 1.807) is 0 Å². The Labute approximate surface area is 118 Å². The molecule has 0 atom stereocenters. The molecule has 0 spiro atoms.